The topological polar surface area (TPSA) is 37.9 Å². The molecule has 2 aromatic heterocycles. The first-order valence-electron chi connectivity index (χ1n) is 14.1. The van der Waals surface area contributed by atoms with Crippen LogP contribution >= 0.6 is 0 Å². The maximum absolute atomic E-state index is 7.90. The van der Waals surface area contributed by atoms with Gasteiger partial charge in [-0.25, -0.2) is 9.83 Å². The molecular formula is C36H31N5O. The third kappa shape index (κ3) is 4.22. The molecular weight excluding hydrogens is 518 g/mol. The Morgan fingerprint density at radius 1 is 0.810 bits per heavy atom. The zero-order valence-corrected chi connectivity index (χ0v) is 24.2. The van der Waals surface area contributed by atoms with Gasteiger partial charge in [-0.1, -0.05) is 57.2 Å². The summed E-state index contributed by atoms with van der Waals surface area (Å²) in [5.74, 6) is 2.27. The van der Waals surface area contributed by atoms with Crippen LogP contribution in [0.25, 0.3) is 32.5 Å². The smallest absolute Gasteiger partial charge is 0.211 e. The molecule has 42 heavy (non-hydrogen) atoms. The van der Waals surface area contributed by atoms with E-state index in [2.05, 4.69) is 114 Å². The monoisotopic (exact) mass is 549 g/mol. The normalized spacial score (nSPS) is 13.0. The number of para-hydroxylation sites is 3. The molecule has 3 heterocycles. The van der Waals surface area contributed by atoms with E-state index in [1.165, 1.54) is 16.9 Å². The Bertz CT molecular complexity index is 2030. The minimum absolute atomic E-state index is 0.0387. The molecule has 0 spiro atoms. The Balaban J connectivity index is 1.33. The number of benzene rings is 4. The summed E-state index contributed by atoms with van der Waals surface area (Å²) in [6, 6.07) is 32.9. The van der Waals surface area contributed by atoms with Crippen molar-refractivity contribution in [2.75, 3.05) is 23.5 Å². The van der Waals surface area contributed by atoms with Crippen LogP contribution in [0.3, 0.4) is 0 Å². The van der Waals surface area contributed by atoms with E-state index in [1.807, 2.05) is 36.5 Å². The Kier molecular flexibility index (Phi) is 5.91. The molecule has 7 rings (SSSR count). The van der Waals surface area contributed by atoms with E-state index in [4.69, 9.17) is 16.3 Å². The first-order valence-corrected chi connectivity index (χ1v) is 14.1. The lowest BCUT2D eigenvalue weighted by molar-refractivity contribution is 0.483. The van der Waals surface area contributed by atoms with Crippen LogP contribution in [0, 0.1) is 6.57 Å². The largest absolute Gasteiger partial charge is 0.457 e. The predicted molar refractivity (Wildman–Crippen MR) is 172 cm³/mol. The van der Waals surface area contributed by atoms with Crippen LogP contribution in [-0.4, -0.2) is 23.3 Å². The van der Waals surface area contributed by atoms with Crippen LogP contribution in [0.5, 0.6) is 11.5 Å². The Morgan fingerprint density at radius 2 is 1.60 bits per heavy atom. The maximum Gasteiger partial charge on any atom is 0.211 e. The summed E-state index contributed by atoms with van der Waals surface area (Å²) in [7, 11) is 2.11. The van der Waals surface area contributed by atoms with E-state index in [1.54, 1.807) is 0 Å². The fourth-order valence-electron chi connectivity index (χ4n) is 5.88. The van der Waals surface area contributed by atoms with Gasteiger partial charge in [0, 0.05) is 36.5 Å². The van der Waals surface area contributed by atoms with E-state index in [0.717, 1.165) is 51.5 Å². The van der Waals surface area contributed by atoms with E-state index < -0.39 is 0 Å². The van der Waals surface area contributed by atoms with Gasteiger partial charge in [0.25, 0.3) is 0 Å². The Morgan fingerprint density at radius 3 is 2.40 bits per heavy atom. The van der Waals surface area contributed by atoms with Gasteiger partial charge in [0.2, 0.25) is 5.69 Å². The average molecular weight is 550 g/mol. The van der Waals surface area contributed by atoms with Crippen molar-refractivity contribution in [2.45, 2.75) is 26.2 Å². The average Bonchev–Trinajstić information content (AvgIpc) is 3.51. The Hall–Kier alpha value is -5.28. The van der Waals surface area contributed by atoms with Gasteiger partial charge in [0.05, 0.1) is 35.6 Å². The van der Waals surface area contributed by atoms with Gasteiger partial charge in [0.15, 0.2) is 0 Å². The highest BCUT2D eigenvalue weighted by Crippen LogP contribution is 2.42. The standard InChI is InChI=1S/C36H31N5O/c1-36(2,3)24-18-19-38-34(20-24)41-33-22-27(16-17-28(33)29-12-9-13-30(37-4)35(29)41)42-26-11-8-10-25(21-26)40-23-39(5)31-14-6-7-15-32(31)40/h6-22H,23H2,1-3,5H3. The fraction of sp³-hybridized carbons (Fsp3) is 0.167. The van der Waals surface area contributed by atoms with Crippen LogP contribution in [0.15, 0.2) is 103 Å². The molecule has 0 radical (unpaired) electrons. The lowest BCUT2D eigenvalue weighted by atomic mass is 9.88. The molecule has 1 aliphatic heterocycles. The second kappa shape index (κ2) is 9.67. The Labute approximate surface area is 245 Å². The van der Waals surface area contributed by atoms with E-state index in [0.29, 0.717) is 5.69 Å². The zero-order chi connectivity index (χ0) is 29.0. The molecule has 0 N–H and O–H groups in total. The SMILES string of the molecule is [C-]#[N+]c1cccc2c3ccc(Oc4cccc(N5CN(C)c6ccccc65)c4)cc3n(-c3cc(C(C)(C)C)ccn3)c12. The van der Waals surface area contributed by atoms with Crippen LogP contribution < -0.4 is 14.5 Å². The molecule has 6 heteroatoms. The van der Waals surface area contributed by atoms with Gasteiger partial charge in [-0.15, -0.1) is 0 Å². The number of nitrogens with zero attached hydrogens (tertiary/aromatic N) is 5. The van der Waals surface area contributed by atoms with Gasteiger partial charge in [-0.3, -0.25) is 0 Å². The summed E-state index contributed by atoms with van der Waals surface area (Å²) < 4.78 is 8.59. The summed E-state index contributed by atoms with van der Waals surface area (Å²) in [5.41, 5.74) is 7.01. The van der Waals surface area contributed by atoms with Crippen molar-refractivity contribution >= 4 is 44.6 Å². The summed E-state index contributed by atoms with van der Waals surface area (Å²) in [5, 5.41) is 2.07. The number of ether oxygens (including phenoxy) is 1. The second-order valence-electron chi connectivity index (χ2n) is 11.8. The molecule has 6 aromatic rings. The summed E-state index contributed by atoms with van der Waals surface area (Å²) in [4.78, 5) is 13.2. The summed E-state index contributed by atoms with van der Waals surface area (Å²) >= 11 is 0. The molecule has 0 bridgehead atoms. The van der Waals surface area contributed by atoms with Crippen molar-refractivity contribution in [1.29, 1.82) is 0 Å². The van der Waals surface area contributed by atoms with Crippen LogP contribution in [0.4, 0.5) is 22.7 Å². The lowest BCUT2D eigenvalue weighted by Gasteiger charge is -2.20. The highest BCUT2D eigenvalue weighted by Gasteiger charge is 2.24. The van der Waals surface area contributed by atoms with Crippen LogP contribution in [0.1, 0.15) is 26.3 Å². The molecule has 0 fully saturated rings. The number of fused-ring (bicyclic) bond motifs is 4. The quantitative estimate of drug-likeness (QED) is 0.205. The van der Waals surface area contributed by atoms with Crippen molar-refractivity contribution in [3.05, 3.63) is 120 Å². The lowest BCUT2D eigenvalue weighted by Crippen LogP contribution is -2.23. The number of pyridine rings is 1. The second-order valence-corrected chi connectivity index (χ2v) is 11.8. The molecule has 0 amide bonds. The molecule has 206 valence electrons. The molecule has 1 aliphatic rings. The van der Waals surface area contributed by atoms with Crippen LogP contribution in [-0.2, 0) is 5.41 Å². The third-order valence-corrected chi connectivity index (χ3v) is 8.00. The molecule has 0 saturated heterocycles. The molecule has 0 atom stereocenters. The molecule has 0 unspecified atom stereocenters. The number of hydrogen-bond donors (Lipinski definition) is 0. The fourth-order valence-corrected chi connectivity index (χ4v) is 5.88. The highest BCUT2D eigenvalue weighted by molar-refractivity contribution is 6.13. The summed E-state index contributed by atoms with van der Waals surface area (Å²) in [6.07, 6.45) is 1.85. The van der Waals surface area contributed by atoms with Gasteiger partial charge >= 0.3 is 0 Å². The van der Waals surface area contributed by atoms with Gasteiger partial charge in [0.1, 0.15) is 17.3 Å². The number of rotatable bonds is 4. The number of hydrogen-bond acceptors (Lipinski definition) is 4. The van der Waals surface area contributed by atoms with Crippen molar-refractivity contribution < 1.29 is 4.74 Å². The van der Waals surface area contributed by atoms with E-state index in [9.17, 15) is 0 Å². The maximum atomic E-state index is 7.90. The van der Waals surface area contributed by atoms with E-state index >= 15 is 0 Å². The minimum Gasteiger partial charge on any atom is -0.457 e. The minimum atomic E-state index is -0.0387. The number of aromatic nitrogens is 2. The molecule has 6 nitrogen and oxygen atoms in total. The van der Waals surface area contributed by atoms with Gasteiger partial charge in [-0.2, -0.15) is 0 Å². The van der Waals surface area contributed by atoms with Gasteiger partial charge < -0.3 is 19.1 Å². The summed E-state index contributed by atoms with van der Waals surface area (Å²) in [6.45, 7) is 15.3. The third-order valence-electron chi connectivity index (χ3n) is 8.00. The van der Waals surface area contributed by atoms with Crippen molar-refractivity contribution in [3.8, 4) is 17.3 Å². The first-order chi connectivity index (χ1) is 20.3. The predicted octanol–water partition coefficient (Wildman–Crippen LogP) is 9.36. The van der Waals surface area contributed by atoms with Gasteiger partial charge in [-0.05, 0) is 64.9 Å². The van der Waals surface area contributed by atoms with Crippen LogP contribution in [0.2, 0.25) is 0 Å². The van der Waals surface area contributed by atoms with E-state index in [-0.39, 0.29) is 5.41 Å². The van der Waals surface area contributed by atoms with Crippen molar-refractivity contribution in [2.24, 2.45) is 0 Å². The molecule has 0 aliphatic carbocycles. The van der Waals surface area contributed by atoms with Crippen molar-refractivity contribution in [1.82, 2.24) is 9.55 Å². The zero-order valence-electron chi connectivity index (χ0n) is 24.2. The first kappa shape index (κ1) is 25.7. The number of anilines is 3. The van der Waals surface area contributed by atoms with Crippen molar-refractivity contribution in [3.63, 3.8) is 0 Å². The molecule has 0 saturated carbocycles. The molecule has 4 aromatic carbocycles. The highest BCUT2D eigenvalue weighted by atomic mass is 16.5.